The summed E-state index contributed by atoms with van der Waals surface area (Å²) in [5.74, 6) is 0.839. The second kappa shape index (κ2) is 7.80. The van der Waals surface area contributed by atoms with Gasteiger partial charge < -0.3 is 14.2 Å². The summed E-state index contributed by atoms with van der Waals surface area (Å²) in [5, 5.41) is 0. The van der Waals surface area contributed by atoms with Crippen LogP contribution in [0, 0.1) is 5.92 Å². The molecule has 27 heavy (non-hydrogen) atoms. The van der Waals surface area contributed by atoms with Crippen molar-refractivity contribution in [2.45, 2.75) is 56.1 Å². The smallest absolute Gasteiger partial charge is 0.310 e. The van der Waals surface area contributed by atoms with Crippen LogP contribution in [0.5, 0.6) is 5.75 Å². The van der Waals surface area contributed by atoms with Gasteiger partial charge in [-0.15, -0.1) is 0 Å². The molecule has 1 aromatic rings. The molecule has 4 rings (SSSR count). The predicted octanol–water partition coefficient (Wildman–Crippen LogP) is 3.38. The molecule has 0 amide bonds. The van der Waals surface area contributed by atoms with Crippen LogP contribution in [-0.2, 0) is 14.3 Å². The van der Waals surface area contributed by atoms with Crippen LogP contribution in [0.2, 0.25) is 0 Å². The van der Waals surface area contributed by atoms with Crippen molar-refractivity contribution < 1.29 is 19.0 Å². The molecular weight excluding hydrogens is 342 g/mol. The number of hydrogen-bond acceptors (Lipinski definition) is 5. The molecule has 2 saturated heterocycles. The van der Waals surface area contributed by atoms with E-state index in [1.165, 1.54) is 38.4 Å². The first-order chi connectivity index (χ1) is 13.1. The Labute approximate surface area is 162 Å². The second-order valence-corrected chi connectivity index (χ2v) is 8.33. The van der Waals surface area contributed by atoms with Crippen molar-refractivity contribution in [3.63, 3.8) is 0 Å². The molecule has 1 spiro atoms. The number of esters is 1. The fraction of sp³-hybridized carbons (Fsp3) is 0.682. The lowest BCUT2D eigenvalue weighted by atomic mass is 9.80. The maximum Gasteiger partial charge on any atom is 0.310 e. The molecule has 1 aromatic carbocycles. The maximum atomic E-state index is 12.5. The van der Waals surface area contributed by atoms with E-state index in [0.29, 0.717) is 6.04 Å². The topological polar surface area (TPSA) is 48.0 Å². The van der Waals surface area contributed by atoms with Gasteiger partial charge in [0.1, 0.15) is 5.75 Å². The van der Waals surface area contributed by atoms with Crippen LogP contribution in [0.1, 0.15) is 50.0 Å². The molecule has 2 heterocycles. The third-order valence-corrected chi connectivity index (χ3v) is 6.96. The van der Waals surface area contributed by atoms with Crippen LogP contribution >= 0.6 is 0 Å². The van der Waals surface area contributed by atoms with Gasteiger partial charge in [-0.2, -0.15) is 0 Å². The molecule has 0 bridgehead atoms. The van der Waals surface area contributed by atoms with Gasteiger partial charge in [0, 0.05) is 31.7 Å². The Balaban J connectivity index is 1.46. The summed E-state index contributed by atoms with van der Waals surface area (Å²) >= 11 is 0. The first kappa shape index (κ1) is 18.8. The van der Waals surface area contributed by atoms with E-state index in [-0.39, 0.29) is 23.4 Å². The zero-order chi connectivity index (χ0) is 18.9. The van der Waals surface area contributed by atoms with E-state index in [1.807, 2.05) is 12.1 Å². The van der Waals surface area contributed by atoms with E-state index in [9.17, 15) is 4.79 Å². The lowest BCUT2D eigenvalue weighted by molar-refractivity contribution is -0.145. The first-order valence-corrected chi connectivity index (χ1v) is 10.2. The fourth-order valence-corrected chi connectivity index (χ4v) is 5.35. The Morgan fingerprint density at radius 2 is 1.85 bits per heavy atom. The molecule has 1 aliphatic carbocycles. The van der Waals surface area contributed by atoms with Crippen LogP contribution < -0.4 is 4.74 Å². The van der Waals surface area contributed by atoms with Gasteiger partial charge in [-0.1, -0.05) is 12.1 Å². The third kappa shape index (κ3) is 3.72. The molecule has 0 radical (unpaired) electrons. The van der Waals surface area contributed by atoms with Crippen LogP contribution in [0.25, 0.3) is 0 Å². The van der Waals surface area contributed by atoms with Gasteiger partial charge in [-0.3, -0.25) is 9.69 Å². The minimum absolute atomic E-state index is 0.0928. The summed E-state index contributed by atoms with van der Waals surface area (Å²) in [6.07, 6.45) is 7.08. The Bertz CT molecular complexity index is 643. The molecule has 5 heteroatoms. The molecule has 3 fully saturated rings. The average molecular weight is 373 g/mol. The van der Waals surface area contributed by atoms with Gasteiger partial charge in [-0.25, -0.2) is 0 Å². The van der Waals surface area contributed by atoms with Gasteiger partial charge in [0.2, 0.25) is 0 Å². The lowest BCUT2D eigenvalue weighted by Gasteiger charge is -2.40. The predicted molar refractivity (Wildman–Crippen MR) is 103 cm³/mol. The van der Waals surface area contributed by atoms with E-state index in [2.05, 4.69) is 17.0 Å². The molecular formula is C22H31NO4. The highest BCUT2D eigenvalue weighted by Gasteiger charge is 2.45. The van der Waals surface area contributed by atoms with E-state index < -0.39 is 0 Å². The highest BCUT2D eigenvalue weighted by atomic mass is 16.5. The van der Waals surface area contributed by atoms with Crippen molar-refractivity contribution in [1.82, 2.24) is 4.90 Å². The molecule has 0 N–H and O–H groups in total. The lowest BCUT2D eigenvalue weighted by Crippen LogP contribution is -2.42. The SMILES string of the molecule is COC(=O)[C@@H]1CN(C2CCC3(CCCO3)CC2)C[C@H]1c1ccc(OC)cc1. The Morgan fingerprint density at radius 3 is 2.44 bits per heavy atom. The number of benzene rings is 1. The van der Waals surface area contributed by atoms with Crippen LogP contribution in [0.4, 0.5) is 0 Å². The fourth-order valence-electron chi connectivity index (χ4n) is 5.35. The zero-order valence-corrected chi connectivity index (χ0v) is 16.5. The minimum Gasteiger partial charge on any atom is -0.497 e. The van der Waals surface area contributed by atoms with Crippen molar-refractivity contribution in [2.24, 2.45) is 5.92 Å². The number of ether oxygens (including phenoxy) is 3. The van der Waals surface area contributed by atoms with Crippen molar-refractivity contribution in [1.29, 1.82) is 0 Å². The van der Waals surface area contributed by atoms with Crippen molar-refractivity contribution in [2.75, 3.05) is 33.9 Å². The first-order valence-electron chi connectivity index (χ1n) is 10.2. The van der Waals surface area contributed by atoms with Crippen molar-refractivity contribution >= 4 is 5.97 Å². The molecule has 148 valence electrons. The maximum absolute atomic E-state index is 12.5. The molecule has 0 aromatic heterocycles. The number of likely N-dealkylation sites (tertiary alicyclic amines) is 1. The normalized spacial score (nSPS) is 34.1. The van der Waals surface area contributed by atoms with Gasteiger partial charge in [0.15, 0.2) is 0 Å². The molecule has 3 aliphatic rings. The summed E-state index contributed by atoms with van der Waals surface area (Å²) in [4.78, 5) is 15.0. The Kier molecular flexibility index (Phi) is 5.42. The number of hydrogen-bond donors (Lipinski definition) is 0. The molecule has 5 nitrogen and oxygen atoms in total. The summed E-state index contributed by atoms with van der Waals surface area (Å²) < 4.78 is 16.5. The number of methoxy groups -OCH3 is 2. The van der Waals surface area contributed by atoms with Gasteiger partial charge >= 0.3 is 5.97 Å². The number of carbonyl (C=O) groups is 1. The standard InChI is InChI=1S/C22H31NO4/c1-25-18-6-4-16(5-7-18)19-14-23(15-20(19)21(24)26-2)17-8-11-22(12-9-17)10-3-13-27-22/h4-7,17,19-20H,3,8-15H2,1-2H3/t17?,19-,20+,22?/m0/s1. The number of carbonyl (C=O) groups excluding carboxylic acids is 1. The largest absolute Gasteiger partial charge is 0.497 e. The monoisotopic (exact) mass is 373 g/mol. The van der Waals surface area contributed by atoms with Crippen LogP contribution in [0.15, 0.2) is 24.3 Å². The van der Waals surface area contributed by atoms with Crippen molar-refractivity contribution in [3.8, 4) is 5.75 Å². The van der Waals surface area contributed by atoms with E-state index in [4.69, 9.17) is 14.2 Å². The zero-order valence-electron chi connectivity index (χ0n) is 16.5. The van der Waals surface area contributed by atoms with Gasteiger partial charge in [0.05, 0.1) is 25.7 Å². The van der Waals surface area contributed by atoms with Crippen molar-refractivity contribution in [3.05, 3.63) is 29.8 Å². The second-order valence-electron chi connectivity index (χ2n) is 8.33. The summed E-state index contributed by atoms with van der Waals surface area (Å²) in [5.41, 5.74) is 1.35. The molecule has 2 aliphatic heterocycles. The van der Waals surface area contributed by atoms with Gasteiger partial charge in [-0.05, 0) is 56.2 Å². The highest BCUT2D eigenvalue weighted by Crippen LogP contribution is 2.43. The molecule has 0 unspecified atom stereocenters. The Morgan fingerprint density at radius 1 is 1.11 bits per heavy atom. The summed E-state index contributed by atoms with van der Waals surface area (Å²) in [6.45, 7) is 2.64. The Hall–Kier alpha value is -1.59. The summed E-state index contributed by atoms with van der Waals surface area (Å²) in [6, 6.07) is 8.69. The van der Waals surface area contributed by atoms with Gasteiger partial charge in [0.25, 0.3) is 0 Å². The van der Waals surface area contributed by atoms with E-state index in [0.717, 1.165) is 38.3 Å². The quantitative estimate of drug-likeness (QED) is 0.758. The van der Waals surface area contributed by atoms with Crippen LogP contribution in [-0.4, -0.2) is 56.4 Å². The number of nitrogens with zero attached hydrogens (tertiary/aromatic N) is 1. The molecule has 2 atom stereocenters. The highest BCUT2D eigenvalue weighted by molar-refractivity contribution is 5.74. The van der Waals surface area contributed by atoms with E-state index in [1.54, 1.807) is 7.11 Å². The molecule has 1 saturated carbocycles. The van der Waals surface area contributed by atoms with E-state index >= 15 is 0 Å². The third-order valence-electron chi connectivity index (χ3n) is 6.96. The average Bonchev–Trinajstić information content (AvgIpc) is 3.36. The number of rotatable bonds is 4. The van der Waals surface area contributed by atoms with Crippen LogP contribution in [0.3, 0.4) is 0 Å². The summed E-state index contributed by atoms with van der Waals surface area (Å²) in [7, 11) is 3.17. The minimum atomic E-state index is -0.0954.